The number of carbonyl (C=O) groups excluding carboxylic acids is 3. The van der Waals surface area contributed by atoms with Gasteiger partial charge in [0.1, 0.15) is 5.82 Å². The van der Waals surface area contributed by atoms with E-state index in [0.717, 1.165) is 5.69 Å². The van der Waals surface area contributed by atoms with E-state index in [2.05, 4.69) is 20.6 Å². The minimum Gasteiger partial charge on any atom is -0.355 e. The predicted molar refractivity (Wildman–Crippen MR) is 143 cm³/mol. The van der Waals surface area contributed by atoms with Crippen molar-refractivity contribution in [1.82, 2.24) is 14.9 Å². The Morgan fingerprint density at radius 2 is 1.86 bits per heavy atom. The van der Waals surface area contributed by atoms with Crippen LogP contribution in [0.2, 0.25) is 0 Å². The maximum atomic E-state index is 14.2. The number of ketones is 1. The van der Waals surface area contributed by atoms with E-state index in [9.17, 15) is 18.8 Å². The van der Waals surface area contributed by atoms with Gasteiger partial charge >= 0.3 is 0 Å². The minimum absolute atomic E-state index is 0.0219. The zero-order valence-electron chi connectivity index (χ0n) is 20.9. The van der Waals surface area contributed by atoms with E-state index < -0.39 is 11.6 Å². The van der Waals surface area contributed by atoms with E-state index in [1.807, 2.05) is 51.1 Å². The lowest BCUT2D eigenvalue weighted by Gasteiger charge is -2.28. The summed E-state index contributed by atoms with van der Waals surface area (Å²) in [6.45, 7) is 6.09. The quantitative estimate of drug-likeness (QED) is 0.385. The van der Waals surface area contributed by atoms with Gasteiger partial charge in [-0.3, -0.25) is 14.4 Å². The molecule has 1 fully saturated rings. The number of hydrogen-bond donors (Lipinski definition) is 3. The number of carbonyl (C=O) groups is 3. The van der Waals surface area contributed by atoms with Crippen LogP contribution in [0.1, 0.15) is 49.7 Å². The van der Waals surface area contributed by atoms with Gasteiger partial charge in [0.15, 0.2) is 11.5 Å². The highest BCUT2D eigenvalue weighted by Gasteiger charge is 2.51. The highest BCUT2D eigenvalue weighted by atomic mass is 32.2. The second kappa shape index (κ2) is 9.33. The number of nitrogens with one attached hydrogen (secondary N) is 3. The second-order valence-corrected chi connectivity index (χ2v) is 12.1. The lowest BCUT2D eigenvalue weighted by Crippen LogP contribution is -2.38. The van der Waals surface area contributed by atoms with Crippen molar-refractivity contribution < 1.29 is 18.8 Å². The molecule has 2 aromatic heterocycles. The largest absolute Gasteiger partial charge is 0.355 e. The van der Waals surface area contributed by atoms with Crippen molar-refractivity contribution >= 4 is 45.9 Å². The number of aromatic nitrogens is 2. The Morgan fingerprint density at radius 3 is 2.54 bits per heavy atom. The monoisotopic (exact) mass is 521 g/mol. The van der Waals surface area contributed by atoms with E-state index in [1.165, 1.54) is 18.0 Å². The normalized spacial score (nSPS) is 16.2. The topological polar surface area (TPSA) is 107 Å². The van der Waals surface area contributed by atoms with Gasteiger partial charge in [0.25, 0.3) is 11.1 Å². The molecule has 1 saturated carbocycles. The van der Waals surface area contributed by atoms with Crippen molar-refractivity contribution in [2.75, 3.05) is 17.2 Å². The summed E-state index contributed by atoms with van der Waals surface area (Å²) in [6.07, 6.45) is 1.93. The van der Waals surface area contributed by atoms with Gasteiger partial charge in [0.05, 0.1) is 30.0 Å². The summed E-state index contributed by atoms with van der Waals surface area (Å²) in [5.41, 5.74) is 1.92. The number of fused-ring (bicyclic) bond motifs is 1. The Labute approximate surface area is 218 Å². The van der Waals surface area contributed by atoms with Crippen molar-refractivity contribution in [3.8, 4) is 11.3 Å². The first-order chi connectivity index (χ1) is 17.5. The number of hydrogen-bond acceptors (Lipinski definition) is 6. The molecule has 192 valence electrons. The van der Waals surface area contributed by atoms with E-state index in [-0.39, 0.29) is 47.5 Å². The molecule has 3 heterocycles. The lowest BCUT2D eigenvalue weighted by molar-refractivity contribution is -0.122. The summed E-state index contributed by atoms with van der Waals surface area (Å²) < 4.78 is 13.9. The molecule has 37 heavy (non-hydrogen) atoms. The number of alkyl halides is 1. The van der Waals surface area contributed by atoms with Gasteiger partial charge < -0.3 is 20.5 Å². The molecule has 0 spiro atoms. The number of aromatic amines is 1. The molecule has 3 N–H and O–H groups in total. The number of thioether (sulfide) groups is 1. The molecule has 3 aromatic rings. The number of pyridine rings is 1. The number of anilines is 3. The third kappa shape index (κ3) is 5.39. The molecule has 0 saturated heterocycles. The predicted octanol–water partition coefficient (Wildman–Crippen LogP) is 5.91. The van der Waals surface area contributed by atoms with Gasteiger partial charge in [-0.2, -0.15) is 0 Å². The summed E-state index contributed by atoms with van der Waals surface area (Å²) in [7, 11) is 0. The second-order valence-electron chi connectivity index (χ2n) is 10.3. The first-order valence-electron chi connectivity index (χ1n) is 12.1. The number of H-pyrrole nitrogens is 1. The van der Waals surface area contributed by atoms with E-state index in [0.29, 0.717) is 28.2 Å². The smallest absolute Gasteiger partial charge is 0.282 e. The Bertz CT molecular complexity index is 1380. The number of benzene rings is 1. The molecule has 10 heteroatoms. The van der Waals surface area contributed by atoms with Gasteiger partial charge in [-0.1, -0.05) is 50.7 Å². The van der Waals surface area contributed by atoms with Crippen LogP contribution in [0.15, 0.2) is 48.7 Å². The highest BCUT2D eigenvalue weighted by Crippen LogP contribution is 2.42. The van der Waals surface area contributed by atoms with Gasteiger partial charge in [-0.25, -0.2) is 9.37 Å². The zero-order chi connectivity index (χ0) is 26.4. The molecule has 8 nitrogen and oxygen atoms in total. The van der Waals surface area contributed by atoms with Crippen LogP contribution in [0.3, 0.4) is 0 Å². The fraction of sp³-hybridized carbons (Fsp3) is 0.333. The Balaban J connectivity index is 1.52. The fourth-order valence-electron chi connectivity index (χ4n) is 4.16. The van der Waals surface area contributed by atoms with E-state index in [1.54, 1.807) is 17.0 Å². The van der Waals surface area contributed by atoms with Gasteiger partial charge in [-0.05, 0) is 37.1 Å². The van der Waals surface area contributed by atoms with Crippen LogP contribution in [-0.4, -0.2) is 48.8 Å². The molecule has 0 bridgehead atoms. The molecule has 0 radical (unpaired) electrons. The molecule has 2 amide bonds. The van der Waals surface area contributed by atoms with Gasteiger partial charge in [0, 0.05) is 27.9 Å². The van der Waals surface area contributed by atoms with Crippen LogP contribution < -0.4 is 10.6 Å². The van der Waals surface area contributed by atoms with E-state index >= 15 is 0 Å². The van der Waals surface area contributed by atoms with Crippen molar-refractivity contribution in [2.24, 2.45) is 0 Å². The molecule has 1 aromatic carbocycles. The van der Waals surface area contributed by atoms with Crippen molar-refractivity contribution in [3.63, 3.8) is 0 Å². The Hall–Kier alpha value is -3.66. The summed E-state index contributed by atoms with van der Waals surface area (Å²) >= 11 is 1.19. The first kappa shape index (κ1) is 25.0. The zero-order valence-corrected chi connectivity index (χ0v) is 21.7. The first-order valence-corrected chi connectivity index (χ1v) is 12.9. The number of Topliss-reactive ketones (excluding diaryl/α,β-unsaturated/α-hetero) is 1. The van der Waals surface area contributed by atoms with Crippen molar-refractivity contribution in [3.05, 3.63) is 59.9 Å². The SMILES string of the molecule is CC(C)(C)SC(=O)N1CC(=O)c2c([nH]c(-c3ccnc(NC(=O)C4(F)CC4)c3)c2Nc2ccccc2)C1. The van der Waals surface area contributed by atoms with Crippen LogP contribution in [0.4, 0.5) is 26.4 Å². The van der Waals surface area contributed by atoms with Crippen LogP contribution in [0.25, 0.3) is 11.3 Å². The molecule has 5 rings (SSSR count). The molecule has 1 aliphatic carbocycles. The van der Waals surface area contributed by atoms with Crippen molar-refractivity contribution in [2.45, 2.75) is 50.6 Å². The minimum atomic E-state index is -1.82. The number of halogens is 1. The standard InChI is InChI=1S/C27H28FN5O3S/c1-26(2,3)37-25(36)33-14-18-21(19(34)15-33)23(30-17-7-5-4-6-8-17)22(31-18)16-9-12-29-20(13-16)32-24(35)27(28)10-11-27/h4-9,12-13,30-31H,10-11,14-15H2,1-3H3,(H,29,32,35). The third-order valence-electron chi connectivity index (χ3n) is 6.12. The van der Waals surface area contributed by atoms with Crippen LogP contribution >= 0.6 is 11.8 Å². The Morgan fingerprint density at radius 1 is 1.14 bits per heavy atom. The fourth-order valence-corrected chi connectivity index (χ4v) is 4.94. The summed E-state index contributed by atoms with van der Waals surface area (Å²) in [6, 6.07) is 12.8. The summed E-state index contributed by atoms with van der Waals surface area (Å²) in [4.78, 5) is 47.5. The third-order valence-corrected chi connectivity index (χ3v) is 7.17. The maximum absolute atomic E-state index is 14.2. The van der Waals surface area contributed by atoms with Gasteiger partial charge in [0.2, 0.25) is 0 Å². The van der Waals surface area contributed by atoms with E-state index in [4.69, 9.17) is 0 Å². The van der Waals surface area contributed by atoms with Crippen LogP contribution in [0, 0.1) is 0 Å². The molecule has 2 aliphatic rings. The van der Waals surface area contributed by atoms with Crippen LogP contribution in [0.5, 0.6) is 0 Å². The number of amides is 2. The molecule has 0 atom stereocenters. The molecule has 1 aliphatic heterocycles. The molecular formula is C27H28FN5O3S. The maximum Gasteiger partial charge on any atom is 0.282 e. The number of rotatable bonds is 5. The lowest BCUT2D eigenvalue weighted by atomic mass is 10.0. The number of nitrogens with zero attached hydrogens (tertiary/aromatic N) is 2. The average Bonchev–Trinajstić information content (AvgIpc) is 3.49. The molecule has 0 unspecified atom stereocenters. The van der Waals surface area contributed by atoms with Crippen molar-refractivity contribution in [1.29, 1.82) is 0 Å². The molecular weight excluding hydrogens is 493 g/mol. The summed E-state index contributed by atoms with van der Waals surface area (Å²) in [5.74, 6) is -0.665. The highest BCUT2D eigenvalue weighted by molar-refractivity contribution is 8.14. The summed E-state index contributed by atoms with van der Waals surface area (Å²) in [5, 5.41) is 5.76. The Kier molecular flexibility index (Phi) is 6.31. The van der Waals surface area contributed by atoms with Crippen LogP contribution in [-0.2, 0) is 11.3 Å². The average molecular weight is 522 g/mol. The van der Waals surface area contributed by atoms with Gasteiger partial charge in [-0.15, -0.1) is 0 Å². The number of para-hydroxylation sites is 1.